The van der Waals surface area contributed by atoms with Gasteiger partial charge in [0.05, 0.1) is 0 Å². The summed E-state index contributed by atoms with van der Waals surface area (Å²) in [7, 11) is 0. The first kappa shape index (κ1) is 40.1. The van der Waals surface area contributed by atoms with Crippen LogP contribution in [0.5, 0.6) is 0 Å². The summed E-state index contributed by atoms with van der Waals surface area (Å²) in [5, 5.41) is 0. The molecule has 0 aromatic carbocycles. The smallest absolute Gasteiger partial charge is 0.200 e. The zero-order valence-corrected chi connectivity index (χ0v) is 18.4. The third kappa shape index (κ3) is 4.41. The lowest BCUT2D eigenvalue weighted by atomic mass is 9.84. The molecule has 42 heavy (non-hydrogen) atoms. The van der Waals surface area contributed by atoms with Crippen LogP contribution >= 0.6 is 0 Å². The van der Waals surface area contributed by atoms with Gasteiger partial charge in [-0.25, -0.2) is 0 Å². The van der Waals surface area contributed by atoms with Gasteiger partial charge in [0.25, 0.3) is 0 Å². The average molecular weight is 698 g/mol. The maximum atomic E-state index is 13.6. The Morgan fingerprint density at radius 1 is 0.238 bits per heavy atom. The van der Waals surface area contributed by atoms with Gasteiger partial charge in [0.1, 0.15) is 0 Å². The molecule has 0 radical (unpaired) electrons. The maximum absolute atomic E-state index is 13.6. The van der Waals surface area contributed by atoms with Crippen molar-refractivity contribution >= 4 is 0 Å². The Morgan fingerprint density at radius 3 is 0.524 bits per heavy atom. The van der Waals surface area contributed by atoms with Gasteiger partial charge in [-0.2, -0.15) is 119 Å². The Labute approximate surface area is 210 Å². The van der Waals surface area contributed by atoms with Crippen LogP contribution in [-0.4, -0.2) is 77.2 Å². The number of halogens is 27. The highest BCUT2D eigenvalue weighted by Crippen LogP contribution is 2.68. The quantitative estimate of drug-likeness (QED) is 0.178. The first-order valence-electron chi connectivity index (χ1n) is 9.16. The van der Waals surface area contributed by atoms with Gasteiger partial charge in [-0.1, -0.05) is 6.92 Å². The van der Waals surface area contributed by atoms with Gasteiger partial charge in [0, 0.05) is 6.42 Å². The molecule has 0 nitrogen and oxygen atoms in total. The van der Waals surface area contributed by atoms with Crippen LogP contribution in [0.25, 0.3) is 0 Å². The fraction of sp³-hybridized carbons (Fsp3) is 1.00. The monoisotopic (exact) mass is 698 g/mol. The minimum atomic E-state index is -9.73. The van der Waals surface area contributed by atoms with Crippen LogP contribution < -0.4 is 0 Å². The van der Waals surface area contributed by atoms with E-state index in [0.717, 1.165) is 0 Å². The number of alkyl halides is 27. The molecule has 0 spiro atoms. The molecule has 0 N–H and O–H groups in total. The Bertz CT molecular complexity index is 978. The van der Waals surface area contributed by atoms with Crippen molar-refractivity contribution in [3.8, 4) is 0 Å². The van der Waals surface area contributed by atoms with Crippen molar-refractivity contribution in [2.24, 2.45) is 0 Å². The number of hydrogen-bond donors (Lipinski definition) is 0. The topological polar surface area (TPSA) is 0 Å². The highest BCUT2D eigenvalue weighted by atomic mass is 19.4. The molecule has 0 bridgehead atoms. The van der Waals surface area contributed by atoms with Crippen molar-refractivity contribution in [1.82, 2.24) is 0 Å². The van der Waals surface area contributed by atoms with Gasteiger partial charge < -0.3 is 0 Å². The van der Waals surface area contributed by atoms with Crippen LogP contribution in [0.15, 0.2) is 0 Å². The minimum absolute atomic E-state index is 0.329. The van der Waals surface area contributed by atoms with Crippen LogP contribution in [0.3, 0.4) is 0 Å². The van der Waals surface area contributed by atoms with E-state index in [0.29, 0.717) is 0 Å². The van der Waals surface area contributed by atoms with E-state index in [-0.39, 0.29) is 6.92 Å². The highest BCUT2D eigenvalue weighted by Gasteiger charge is 3.00. The van der Waals surface area contributed by atoms with Crippen LogP contribution in [0.1, 0.15) is 13.3 Å². The molecule has 0 saturated carbocycles. The summed E-state index contributed by atoms with van der Waals surface area (Å²) in [6, 6.07) is 0. The SMILES string of the molecule is CCC(F)(F)C(F)(F)C(F)(F)C(F)(F)C(F)(F)C(F)(F)C(F)(F)C(F)(F)C(F)(F)C(F)(F)C(F)(F)C(F)(F)C(F)(F)F. The lowest BCUT2D eigenvalue weighted by Gasteiger charge is -2.46. The van der Waals surface area contributed by atoms with E-state index < -0.39 is 83.7 Å². The highest BCUT2D eigenvalue weighted by molar-refractivity contribution is 5.20. The molecule has 0 atom stereocenters. The van der Waals surface area contributed by atoms with Crippen molar-refractivity contribution < 1.29 is 119 Å². The van der Waals surface area contributed by atoms with Crippen molar-refractivity contribution in [3.63, 3.8) is 0 Å². The molecule has 0 aliphatic heterocycles. The van der Waals surface area contributed by atoms with Crippen molar-refractivity contribution in [2.75, 3.05) is 0 Å². The largest absolute Gasteiger partial charge is 0.460 e. The average Bonchev–Trinajstić information content (AvgIpc) is 2.76. The molecular formula is C15H5F27. The summed E-state index contributed by atoms with van der Waals surface area (Å²) in [4.78, 5) is 0. The minimum Gasteiger partial charge on any atom is -0.200 e. The second-order valence-electron chi connectivity index (χ2n) is 7.87. The third-order valence-electron chi connectivity index (χ3n) is 5.20. The van der Waals surface area contributed by atoms with Crippen LogP contribution in [0, 0.1) is 0 Å². The fourth-order valence-electron chi connectivity index (χ4n) is 2.40. The summed E-state index contributed by atoms with van der Waals surface area (Å²) in [6.07, 6.45) is -11.0. The normalized spacial score (nSPS) is 17.1. The third-order valence-corrected chi connectivity index (χ3v) is 5.20. The molecular weight excluding hydrogens is 693 g/mol. The first-order valence-corrected chi connectivity index (χ1v) is 9.16. The molecule has 0 unspecified atom stereocenters. The number of hydrogen-bond acceptors (Lipinski definition) is 0. The second kappa shape index (κ2) is 9.55. The summed E-state index contributed by atoms with van der Waals surface area (Å²) in [5.74, 6) is -108. The van der Waals surface area contributed by atoms with Gasteiger partial charge >= 0.3 is 77.2 Å². The van der Waals surface area contributed by atoms with E-state index >= 15 is 0 Å². The van der Waals surface area contributed by atoms with Crippen LogP contribution in [-0.2, 0) is 0 Å². The summed E-state index contributed by atoms with van der Waals surface area (Å²) < 4.78 is 356. The van der Waals surface area contributed by atoms with E-state index in [2.05, 4.69) is 0 Å². The molecule has 0 rings (SSSR count). The molecule has 0 aliphatic rings. The molecule has 0 aliphatic carbocycles. The standard InChI is InChI=1S/C15H5F27/c1-2-3(16,17)4(18,19)5(20,21)6(22,23)7(24,25)8(26,27)9(28,29)10(30,31)11(32,33)12(34,35)13(36,37)14(38,39)15(40,41)42/h2H2,1H3. The summed E-state index contributed by atoms with van der Waals surface area (Å²) in [5.41, 5.74) is 0. The van der Waals surface area contributed by atoms with E-state index in [1.165, 1.54) is 0 Å². The van der Waals surface area contributed by atoms with Gasteiger partial charge in [0.15, 0.2) is 0 Å². The van der Waals surface area contributed by atoms with Gasteiger partial charge in [-0.3, -0.25) is 0 Å². The zero-order valence-electron chi connectivity index (χ0n) is 18.4. The molecule has 0 fully saturated rings. The van der Waals surface area contributed by atoms with Crippen molar-refractivity contribution in [3.05, 3.63) is 0 Å². The lowest BCUT2D eigenvalue weighted by Crippen LogP contribution is -2.78. The zero-order chi connectivity index (χ0) is 35.2. The van der Waals surface area contributed by atoms with Crippen molar-refractivity contribution in [2.45, 2.75) is 90.6 Å². The Hall–Kier alpha value is -1.89. The van der Waals surface area contributed by atoms with E-state index in [1.807, 2.05) is 0 Å². The van der Waals surface area contributed by atoms with Crippen molar-refractivity contribution in [1.29, 1.82) is 0 Å². The Kier molecular flexibility index (Phi) is 9.12. The Morgan fingerprint density at radius 2 is 0.381 bits per heavy atom. The second-order valence-corrected chi connectivity index (χ2v) is 7.87. The molecule has 0 amide bonds. The predicted octanol–water partition coefficient (Wildman–Crippen LogP) is 9.58. The van der Waals surface area contributed by atoms with Gasteiger partial charge in [0.2, 0.25) is 0 Å². The molecule has 0 heterocycles. The Balaban J connectivity index is 7.43. The molecule has 0 saturated heterocycles. The molecule has 0 aromatic rings. The van der Waals surface area contributed by atoms with Crippen LogP contribution in [0.4, 0.5) is 119 Å². The van der Waals surface area contributed by atoms with Gasteiger partial charge in [-0.15, -0.1) is 0 Å². The molecule has 0 aromatic heterocycles. The summed E-state index contributed by atoms with van der Waals surface area (Å²) in [6.45, 7) is -0.329. The van der Waals surface area contributed by atoms with E-state index in [4.69, 9.17) is 0 Å². The van der Waals surface area contributed by atoms with Crippen LogP contribution in [0.2, 0.25) is 0 Å². The maximum Gasteiger partial charge on any atom is 0.460 e. The van der Waals surface area contributed by atoms with E-state index in [9.17, 15) is 119 Å². The first-order chi connectivity index (χ1) is 17.6. The molecule has 254 valence electrons. The summed E-state index contributed by atoms with van der Waals surface area (Å²) >= 11 is 0. The molecule has 27 heteroatoms. The van der Waals surface area contributed by atoms with E-state index in [1.54, 1.807) is 0 Å². The lowest BCUT2D eigenvalue weighted by molar-refractivity contribution is -0.485. The number of rotatable bonds is 12. The fourth-order valence-corrected chi connectivity index (χ4v) is 2.40. The van der Waals surface area contributed by atoms with Gasteiger partial charge in [-0.05, 0) is 0 Å². The predicted molar refractivity (Wildman–Crippen MR) is 75.7 cm³/mol.